The third-order valence-corrected chi connectivity index (χ3v) is 3.07. The Labute approximate surface area is 89.9 Å². The third kappa shape index (κ3) is 2.37. The summed E-state index contributed by atoms with van der Waals surface area (Å²) in [5.41, 5.74) is 2.26. The summed E-state index contributed by atoms with van der Waals surface area (Å²) in [4.78, 5) is 0. The standard InChI is InChI=1S/C13H17FO/c1-8-5-9(2)13(11(14)6-8)12(15)7-10-3-4-10/h5-6,10,12,15H,3-4,7H2,1-2H3. The molecule has 0 heterocycles. The molecule has 2 heteroatoms. The lowest BCUT2D eigenvalue weighted by Crippen LogP contribution is -2.05. The van der Waals surface area contributed by atoms with Crippen molar-refractivity contribution in [3.63, 3.8) is 0 Å². The second-order valence-electron chi connectivity index (χ2n) is 4.67. The largest absolute Gasteiger partial charge is 0.388 e. The smallest absolute Gasteiger partial charge is 0.129 e. The van der Waals surface area contributed by atoms with E-state index in [0.717, 1.165) is 11.1 Å². The molecule has 0 bridgehead atoms. The number of aryl methyl sites for hydroxylation is 2. The van der Waals surface area contributed by atoms with E-state index in [4.69, 9.17) is 0 Å². The van der Waals surface area contributed by atoms with Crippen LogP contribution in [0.3, 0.4) is 0 Å². The van der Waals surface area contributed by atoms with Gasteiger partial charge in [0.2, 0.25) is 0 Å². The topological polar surface area (TPSA) is 20.2 Å². The molecule has 0 spiro atoms. The van der Waals surface area contributed by atoms with Crippen LogP contribution in [0, 0.1) is 25.6 Å². The van der Waals surface area contributed by atoms with Crippen molar-refractivity contribution < 1.29 is 9.50 Å². The van der Waals surface area contributed by atoms with E-state index < -0.39 is 6.10 Å². The summed E-state index contributed by atoms with van der Waals surface area (Å²) in [6, 6.07) is 3.42. The number of aliphatic hydroxyl groups excluding tert-OH is 1. The minimum Gasteiger partial charge on any atom is -0.388 e. The molecule has 1 fully saturated rings. The molecule has 15 heavy (non-hydrogen) atoms. The number of aliphatic hydroxyl groups is 1. The van der Waals surface area contributed by atoms with Crippen LogP contribution in [-0.2, 0) is 0 Å². The van der Waals surface area contributed by atoms with Crippen LogP contribution in [0.5, 0.6) is 0 Å². The highest BCUT2D eigenvalue weighted by Crippen LogP contribution is 2.38. The van der Waals surface area contributed by atoms with Crippen LogP contribution >= 0.6 is 0 Å². The van der Waals surface area contributed by atoms with E-state index in [9.17, 15) is 9.50 Å². The van der Waals surface area contributed by atoms with E-state index >= 15 is 0 Å². The van der Waals surface area contributed by atoms with E-state index in [2.05, 4.69) is 0 Å². The molecule has 1 nitrogen and oxygen atoms in total. The molecule has 1 aromatic carbocycles. The first-order valence-corrected chi connectivity index (χ1v) is 5.52. The Morgan fingerprint density at radius 3 is 2.60 bits per heavy atom. The Morgan fingerprint density at radius 2 is 2.07 bits per heavy atom. The maximum Gasteiger partial charge on any atom is 0.129 e. The maximum absolute atomic E-state index is 13.7. The van der Waals surface area contributed by atoms with Gasteiger partial charge in [-0.1, -0.05) is 18.9 Å². The average Bonchev–Trinajstić information content (AvgIpc) is 2.85. The van der Waals surface area contributed by atoms with Gasteiger partial charge >= 0.3 is 0 Å². The highest BCUT2D eigenvalue weighted by atomic mass is 19.1. The van der Waals surface area contributed by atoms with Gasteiger partial charge in [-0.05, 0) is 43.4 Å². The van der Waals surface area contributed by atoms with Gasteiger partial charge in [0, 0.05) is 5.56 Å². The third-order valence-electron chi connectivity index (χ3n) is 3.07. The first-order valence-electron chi connectivity index (χ1n) is 5.52. The molecule has 0 saturated heterocycles. The van der Waals surface area contributed by atoms with Gasteiger partial charge in [0.05, 0.1) is 6.10 Å². The highest BCUT2D eigenvalue weighted by molar-refractivity contribution is 5.33. The predicted octanol–water partition coefficient (Wildman–Crippen LogP) is 3.28. The lowest BCUT2D eigenvalue weighted by molar-refractivity contribution is 0.155. The Hall–Kier alpha value is -0.890. The van der Waals surface area contributed by atoms with Crippen molar-refractivity contribution in [1.29, 1.82) is 0 Å². The van der Waals surface area contributed by atoms with Crippen LogP contribution in [0.1, 0.15) is 42.1 Å². The van der Waals surface area contributed by atoms with E-state index in [-0.39, 0.29) is 5.82 Å². The molecule has 2 rings (SSSR count). The van der Waals surface area contributed by atoms with Crippen LogP contribution in [0.15, 0.2) is 12.1 Å². The summed E-state index contributed by atoms with van der Waals surface area (Å²) in [5.74, 6) is 0.348. The molecule has 1 aliphatic carbocycles. The van der Waals surface area contributed by atoms with Gasteiger partial charge in [-0.25, -0.2) is 4.39 Å². The molecule has 1 saturated carbocycles. The number of hydrogen-bond acceptors (Lipinski definition) is 1. The predicted molar refractivity (Wildman–Crippen MR) is 58.2 cm³/mol. The zero-order chi connectivity index (χ0) is 11.0. The van der Waals surface area contributed by atoms with Crippen LogP contribution in [0.2, 0.25) is 0 Å². The van der Waals surface area contributed by atoms with E-state index in [0.29, 0.717) is 17.9 Å². The quantitative estimate of drug-likeness (QED) is 0.808. The number of halogens is 1. The van der Waals surface area contributed by atoms with Crippen molar-refractivity contribution in [3.05, 3.63) is 34.6 Å². The second-order valence-corrected chi connectivity index (χ2v) is 4.67. The molecule has 82 valence electrons. The fourth-order valence-electron chi connectivity index (χ4n) is 2.14. The lowest BCUT2D eigenvalue weighted by atomic mass is 9.97. The van der Waals surface area contributed by atoms with Gasteiger partial charge in [-0.2, -0.15) is 0 Å². The van der Waals surface area contributed by atoms with Crippen LogP contribution in [-0.4, -0.2) is 5.11 Å². The Bertz CT molecular complexity index is 346. The first kappa shape index (κ1) is 10.6. The Morgan fingerprint density at radius 1 is 1.40 bits per heavy atom. The first-order chi connectivity index (χ1) is 7.08. The van der Waals surface area contributed by atoms with Gasteiger partial charge < -0.3 is 5.11 Å². The minimum absolute atomic E-state index is 0.263. The molecule has 1 aliphatic rings. The molecule has 0 amide bonds. The van der Waals surface area contributed by atoms with Crippen molar-refractivity contribution in [2.24, 2.45) is 5.92 Å². The van der Waals surface area contributed by atoms with Gasteiger partial charge in [-0.15, -0.1) is 0 Å². The number of benzene rings is 1. The Balaban J connectivity index is 2.24. The molecule has 0 radical (unpaired) electrons. The maximum atomic E-state index is 13.7. The van der Waals surface area contributed by atoms with Crippen molar-refractivity contribution in [2.45, 2.75) is 39.2 Å². The van der Waals surface area contributed by atoms with Gasteiger partial charge in [0.15, 0.2) is 0 Å². The summed E-state index contributed by atoms with van der Waals surface area (Å²) < 4.78 is 13.7. The molecule has 1 atom stereocenters. The molecule has 1 unspecified atom stereocenters. The van der Waals surface area contributed by atoms with Crippen molar-refractivity contribution in [3.8, 4) is 0 Å². The summed E-state index contributed by atoms with van der Waals surface area (Å²) in [5, 5.41) is 9.94. The highest BCUT2D eigenvalue weighted by Gasteiger charge is 2.27. The summed E-state index contributed by atoms with van der Waals surface area (Å²) >= 11 is 0. The second kappa shape index (κ2) is 3.93. The fraction of sp³-hybridized carbons (Fsp3) is 0.538. The monoisotopic (exact) mass is 208 g/mol. The van der Waals surface area contributed by atoms with Crippen molar-refractivity contribution in [1.82, 2.24) is 0 Å². The molecular weight excluding hydrogens is 191 g/mol. The summed E-state index contributed by atoms with van der Waals surface area (Å²) in [6.07, 6.45) is 2.45. The zero-order valence-electron chi connectivity index (χ0n) is 9.26. The van der Waals surface area contributed by atoms with E-state index in [1.54, 1.807) is 0 Å². The van der Waals surface area contributed by atoms with Gasteiger partial charge in [0.25, 0.3) is 0 Å². The molecule has 1 N–H and O–H groups in total. The normalized spacial score (nSPS) is 17.9. The molecular formula is C13H17FO. The molecule has 0 aromatic heterocycles. The van der Waals surface area contributed by atoms with Crippen molar-refractivity contribution in [2.75, 3.05) is 0 Å². The number of hydrogen-bond donors (Lipinski definition) is 1. The van der Waals surface area contributed by atoms with Gasteiger partial charge in [0.1, 0.15) is 5.82 Å². The lowest BCUT2D eigenvalue weighted by Gasteiger charge is -2.15. The Kier molecular flexibility index (Phi) is 2.79. The van der Waals surface area contributed by atoms with Crippen molar-refractivity contribution >= 4 is 0 Å². The SMILES string of the molecule is Cc1cc(C)c(C(O)CC2CC2)c(F)c1. The minimum atomic E-state index is -0.627. The average molecular weight is 208 g/mol. The summed E-state index contributed by atoms with van der Waals surface area (Å²) in [6.45, 7) is 3.73. The van der Waals surface area contributed by atoms with E-state index in [1.165, 1.54) is 18.9 Å². The van der Waals surface area contributed by atoms with Gasteiger partial charge in [-0.3, -0.25) is 0 Å². The summed E-state index contributed by atoms with van der Waals surface area (Å²) in [7, 11) is 0. The molecule has 0 aliphatic heterocycles. The fourth-order valence-corrected chi connectivity index (χ4v) is 2.14. The molecule has 1 aromatic rings. The number of rotatable bonds is 3. The zero-order valence-corrected chi connectivity index (χ0v) is 9.26. The van der Waals surface area contributed by atoms with Crippen LogP contribution in [0.4, 0.5) is 4.39 Å². The van der Waals surface area contributed by atoms with Crippen LogP contribution in [0.25, 0.3) is 0 Å². The van der Waals surface area contributed by atoms with E-state index in [1.807, 2.05) is 19.9 Å². The van der Waals surface area contributed by atoms with Crippen LogP contribution < -0.4 is 0 Å².